The lowest BCUT2D eigenvalue weighted by Gasteiger charge is -2.25. The Hall–Kier alpha value is -1.95. The van der Waals surface area contributed by atoms with Crippen LogP contribution in [0.15, 0.2) is 24.3 Å². The Kier molecular flexibility index (Phi) is 6.73. The van der Waals surface area contributed by atoms with Gasteiger partial charge in [-0.3, -0.25) is 15.0 Å². The molecule has 0 aliphatic heterocycles. The molecule has 5 nitrogen and oxygen atoms in total. The van der Waals surface area contributed by atoms with E-state index in [2.05, 4.69) is 10.6 Å². The van der Waals surface area contributed by atoms with Gasteiger partial charge < -0.3 is 5.32 Å². The summed E-state index contributed by atoms with van der Waals surface area (Å²) in [6.45, 7) is 2.15. The van der Waals surface area contributed by atoms with E-state index in [0.29, 0.717) is 6.54 Å². The van der Waals surface area contributed by atoms with Crippen molar-refractivity contribution in [3.63, 3.8) is 0 Å². The van der Waals surface area contributed by atoms with Crippen molar-refractivity contribution in [2.75, 3.05) is 7.05 Å². The second-order valence-electron chi connectivity index (χ2n) is 6.52. The van der Waals surface area contributed by atoms with Crippen LogP contribution in [-0.2, 0) is 11.3 Å². The summed E-state index contributed by atoms with van der Waals surface area (Å²) in [7, 11) is 1.77. The van der Waals surface area contributed by atoms with E-state index in [4.69, 9.17) is 0 Å². The number of halogens is 1. The number of rotatable bonds is 5. The molecule has 0 saturated heterocycles. The molecule has 6 heteroatoms. The molecule has 24 heavy (non-hydrogen) atoms. The Balaban J connectivity index is 1.80. The topological polar surface area (TPSA) is 61.4 Å². The maximum Gasteiger partial charge on any atom is 0.321 e. The number of likely N-dealkylation sites (N-methyl/N-ethyl adjacent to an activating group) is 1. The molecule has 1 fully saturated rings. The van der Waals surface area contributed by atoms with Crippen molar-refractivity contribution in [2.24, 2.45) is 0 Å². The number of amides is 3. The van der Waals surface area contributed by atoms with Crippen molar-refractivity contribution < 1.29 is 14.0 Å². The van der Waals surface area contributed by atoms with Crippen LogP contribution in [0.4, 0.5) is 9.18 Å². The molecule has 1 aliphatic carbocycles. The van der Waals surface area contributed by atoms with Gasteiger partial charge in [-0.2, -0.15) is 0 Å². The van der Waals surface area contributed by atoms with E-state index in [-0.39, 0.29) is 17.8 Å². The van der Waals surface area contributed by atoms with Crippen LogP contribution in [0.2, 0.25) is 0 Å². The first-order valence-corrected chi connectivity index (χ1v) is 8.51. The largest absolute Gasteiger partial charge is 0.335 e. The minimum Gasteiger partial charge on any atom is -0.335 e. The van der Waals surface area contributed by atoms with Crippen LogP contribution in [0.5, 0.6) is 0 Å². The summed E-state index contributed by atoms with van der Waals surface area (Å²) < 4.78 is 13.2. The normalized spacial score (nSPS) is 16.7. The molecule has 3 amide bonds. The van der Waals surface area contributed by atoms with Crippen LogP contribution in [0.25, 0.3) is 0 Å². The van der Waals surface area contributed by atoms with Gasteiger partial charge in [0.05, 0.1) is 6.04 Å². The second kappa shape index (κ2) is 8.78. The third-order valence-corrected chi connectivity index (χ3v) is 4.54. The first-order valence-electron chi connectivity index (χ1n) is 8.51. The second-order valence-corrected chi connectivity index (χ2v) is 6.52. The smallest absolute Gasteiger partial charge is 0.321 e. The zero-order valence-corrected chi connectivity index (χ0v) is 14.3. The molecule has 2 N–H and O–H groups in total. The fourth-order valence-electron chi connectivity index (χ4n) is 2.95. The molecule has 0 spiro atoms. The summed E-state index contributed by atoms with van der Waals surface area (Å²) in [5.41, 5.74) is 0.781. The fourth-order valence-corrected chi connectivity index (χ4v) is 2.95. The number of hydrogen-bond donors (Lipinski definition) is 2. The van der Waals surface area contributed by atoms with Gasteiger partial charge in [0.1, 0.15) is 5.82 Å². The fraction of sp³-hybridized carbons (Fsp3) is 0.556. The van der Waals surface area contributed by atoms with E-state index in [1.54, 1.807) is 31.0 Å². The first kappa shape index (κ1) is 18.4. The summed E-state index contributed by atoms with van der Waals surface area (Å²) in [5, 5.41) is 5.26. The standard InChI is InChI=1S/C18H26FN3O2/c1-13(22(2)12-14-7-6-8-15(19)11-14)17(23)21-18(24)20-16-9-4-3-5-10-16/h6-8,11,13,16H,3-5,9-10,12H2,1-2H3,(H2,20,21,23,24)/t13-/m1/s1. The molecule has 1 saturated carbocycles. The molecule has 0 aromatic heterocycles. The molecule has 1 aliphatic rings. The highest BCUT2D eigenvalue weighted by atomic mass is 19.1. The van der Waals surface area contributed by atoms with Crippen molar-refractivity contribution in [1.29, 1.82) is 0 Å². The van der Waals surface area contributed by atoms with E-state index in [1.165, 1.54) is 18.6 Å². The van der Waals surface area contributed by atoms with Gasteiger partial charge in [-0.15, -0.1) is 0 Å². The average molecular weight is 335 g/mol. The Morgan fingerprint density at radius 3 is 2.67 bits per heavy atom. The lowest BCUT2D eigenvalue weighted by Crippen LogP contribution is -2.50. The predicted octanol–water partition coefficient (Wildman–Crippen LogP) is 2.80. The highest BCUT2D eigenvalue weighted by Crippen LogP contribution is 2.17. The van der Waals surface area contributed by atoms with Gasteiger partial charge in [-0.25, -0.2) is 9.18 Å². The monoisotopic (exact) mass is 335 g/mol. The number of nitrogens with one attached hydrogen (secondary N) is 2. The van der Waals surface area contributed by atoms with Gasteiger partial charge in [0.25, 0.3) is 0 Å². The summed E-state index contributed by atoms with van der Waals surface area (Å²) in [4.78, 5) is 25.9. The highest BCUT2D eigenvalue weighted by Gasteiger charge is 2.22. The van der Waals surface area contributed by atoms with Crippen molar-refractivity contribution in [3.05, 3.63) is 35.6 Å². The molecule has 1 atom stereocenters. The zero-order valence-electron chi connectivity index (χ0n) is 14.3. The number of carbonyl (C=O) groups excluding carboxylic acids is 2. The minimum absolute atomic E-state index is 0.159. The molecule has 2 rings (SSSR count). The van der Waals surface area contributed by atoms with Crippen LogP contribution in [-0.4, -0.2) is 36.0 Å². The van der Waals surface area contributed by atoms with Crippen LogP contribution in [0.3, 0.4) is 0 Å². The molecule has 132 valence electrons. The van der Waals surface area contributed by atoms with Gasteiger partial charge in [-0.1, -0.05) is 31.4 Å². The zero-order chi connectivity index (χ0) is 17.5. The molecular weight excluding hydrogens is 309 g/mol. The van der Waals surface area contributed by atoms with Gasteiger partial charge >= 0.3 is 6.03 Å². The average Bonchev–Trinajstić information content (AvgIpc) is 2.54. The number of imide groups is 1. The minimum atomic E-state index is -0.495. The van der Waals surface area contributed by atoms with Crippen LogP contribution in [0, 0.1) is 5.82 Å². The summed E-state index contributed by atoms with van der Waals surface area (Å²) in [5.74, 6) is -0.660. The van der Waals surface area contributed by atoms with Gasteiger partial charge in [0.15, 0.2) is 0 Å². The first-order chi connectivity index (χ1) is 11.5. The third-order valence-electron chi connectivity index (χ3n) is 4.54. The Labute approximate surface area is 142 Å². The van der Waals surface area contributed by atoms with E-state index < -0.39 is 12.1 Å². The summed E-state index contributed by atoms with van der Waals surface area (Å²) in [6.07, 6.45) is 5.38. The molecule has 1 aromatic rings. The number of nitrogens with zero attached hydrogens (tertiary/aromatic N) is 1. The van der Waals surface area contributed by atoms with Crippen molar-refractivity contribution >= 4 is 11.9 Å². The molecule has 0 radical (unpaired) electrons. The van der Waals surface area contributed by atoms with Crippen LogP contribution >= 0.6 is 0 Å². The van der Waals surface area contributed by atoms with Crippen molar-refractivity contribution in [1.82, 2.24) is 15.5 Å². The van der Waals surface area contributed by atoms with Gasteiger partial charge in [0.2, 0.25) is 5.91 Å². The summed E-state index contributed by atoms with van der Waals surface area (Å²) >= 11 is 0. The maximum atomic E-state index is 13.2. The molecule has 0 heterocycles. The molecule has 0 bridgehead atoms. The third kappa shape index (κ3) is 5.60. The summed E-state index contributed by atoms with van der Waals surface area (Å²) in [6, 6.07) is 5.50. The number of hydrogen-bond acceptors (Lipinski definition) is 3. The lowest BCUT2D eigenvalue weighted by molar-refractivity contribution is -0.124. The Bertz CT molecular complexity index is 573. The predicted molar refractivity (Wildman–Crippen MR) is 90.9 cm³/mol. The number of carbonyl (C=O) groups is 2. The highest BCUT2D eigenvalue weighted by molar-refractivity contribution is 5.96. The lowest BCUT2D eigenvalue weighted by atomic mass is 9.96. The van der Waals surface area contributed by atoms with E-state index in [1.807, 2.05) is 0 Å². The molecular formula is C18H26FN3O2. The Morgan fingerprint density at radius 1 is 1.29 bits per heavy atom. The number of urea groups is 1. The van der Waals surface area contributed by atoms with Crippen molar-refractivity contribution in [3.8, 4) is 0 Å². The van der Waals surface area contributed by atoms with E-state index in [0.717, 1.165) is 31.2 Å². The SMILES string of the molecule is C[C@H](C(=O)NC(=O)NC1CCCCC1)N(C)Cc1cccc(F)c1. The molecule has 0 unspecified atom stereocenters. The maximum absolute atomic E-state index is 13.2. The quantitative estimate of drug-likeness (QED) is 0.870. The van der Waals surface area contributed by atoms with Crippen LogP contribution < -0.4 is 10.6 Å². The van der Waals surface area contributed by atoms with Crippen molar-refractivity contribution in [2.45, 2.75) is 57.7 Å². The molecule has 1 aromatic carbocycles. The van der Waals surface area contributed by atoms with E-state index >= 15 is 0 Å². The number of benzene rings is 1. The Morgan fingerprint density at radius 2 is 2.00 bits per heavy atom. The van der Waals surface area contributed by atoms with E-state index in [9.17, 15) is 14.0 Å². The van der Waals surface area contributed by atoms with Gasteiger partial charge in [0, 0.05) is 12.6 Å². The van der Waals surface area contributed by atoms with Crippen LogP contribution in [0.1, 0.15) is 44.6 Å². The van der Waals surface area contributed by atoms with Gasteiger partial charge in [-0.05, 0) is 44.5 Å².